The summed E-state index contributed by atoms with van der Waals surface area (Å²) in [7, 11) is 1.51. The van der Waals surface area contributed by atoms with E-state index in [-0.39, 0.29) is 17.2 Å². The van der Waals surface area contributed by atoms with Crippen LogP contribution in [0.1, 0.15) is 60.6 Å². The molecule has 23 heavy (non-hydrogen) atoms. The molecule has 0 spiro atoms. The van der Waals surface area contributed by atoms with Gasteiger partial charge in [-0.25, -0.2) is 4.68 Å². The number of rotatable bonds is 3. The van der Waals surface area contributed by atoms with Gasteiger partial charge in [-0.2, -0.15) is 10.2 Å². The molecule has 1 aliphatic rings. The molecule has 1 saturated carbocycles. The van der Waals surface area contributed by atoms with Crippen LogP contribution in [0.25, 0.3) is 0 Å². The number of carbonyl (C=O) groups is 1. The summed E-state index contributed by atoms with van der Waals surface area (Å²) in [6.07, 6.45) is 7.41. The molecular weight excluding hydrogens is 294 g/mol. The third-order valence-electron chi connectivity index (χ3n) is 4.33. The number of nitrogens with one attached hydrogen (secondary N) is 2. The largest absolute Gasteiger partial charge is 0.304 e. The molecule has 7 heteroatoms. The maximum atomic E-state index is 12.2. The molecule has 122 valence electrons. The van der Waals surface area contributed by atoms with Crippen LogP contribution in [0.5, 0.6) is 0 Å². The minimum atomic E-state index is -0.375. The zero-order chi connectivity index (χ0) is 16.2. The lowest BCUT2D eigenvalue weighted by Gasteiger charge is -2.10. The van der Waals surface area contributed by atoms with Crippen molar-refractivity contribution in [3.63, 3.8) is 0 Å². The molecule has 2 aromatic heterocycles. The Morgan fingerprint density at radius 3 is 2.70 bits per heavy atom. The van der Waals surface area contributed by atoms with Gasteiger partial charge in [-0.3, -0.25) is 14.7 Å². The Morgan fingerprint density at radius 2 is 2.00 bits per heavy atom. The Kier molecular flexibility index (Phi) is 4.55. The molecule has 2 heterocycles. The Labute approximate surface area is 134 Å². The molecule has 2 N–H and O–H groups in total. The van der Waals surface area contributed by atoms with Crippen LogP contribution in [0, 0.1) is 0 Å². The van der Waals surface area contributed by atoms with Gasteiger partial charge in [0.25, 0.3) is 11.5 Å². The van der Waals surface area contributed by atoms with Crippen LogP contribution in [-0.4, -0.2) is 25.9 Å². The van der Waals surface area contributed by atoms with E-state index in [0.29, 0.717) is 11.7 Å². The van der Waals surface area contributed by atoms with Crippen LogP contribution in [-0.2, 0) is 7.05 Å². The number of hydrogen-bond acceptors (Lipinski definition) is 4. The molecule has 2 aromatic rings. The number of hydrogen-bond donors (Lipinski definition) is 2. The molecule has 1 amide bonds. The predicted molar refractivity (Wildman–Crippen MR) is 86.5 cm³/mol. The van der Waals surface area contributed by atoms with Crippen LogP contribution in [0.15, 0.2) is 23.0 Å². The van der Waals surface area contributed by atoms with Crippen LogP contribution < -0.4 is 10.9 Å². The Balaban J connectivity index is 1.69. The quantitative estimate of drug-likeness (QED) is 0.849. The predicted octanol–water partition coefficient (Wildman–Crippen LogP) is 2.19. The molecule has 1 aliphatic carbocycles. The molecule has 7 nitrogen and oxygen atoms in total. The number of amides is 1. The van der Waals surface area contributed by atoms with Gasteiger partial charge in [0.2, 0.25) is 0 Å². The fourth-order valence-corrected chi connectivity index (χ4v) is 3.00. The highest BCUT2D eigenvalue weighted by atomic mass is 16.2. The summed E-state index contributed by atoms with van der Waals surface area (Å²) in [5.41, 5.74) is 1.01. The fraction of sp³-hybridized carbons (Fsp3) is 0.500. The van der Waals surface area contributed by atoms with Gasteiger partial charge in [0.1, 0.15) is 5.69 Å². The first-order valence-electron chi connectivity index (χ1n) is 8.04. The first-order chi connectivity index (χ1) is 11.1. The standard InChI is InChI=1S/C16H21N5O2/c1-21-15(22)9-8-12(20-21)16(23)17-14-10-13(18-19-14)11-6-4-2-3-5-7-11/h8-11H,2-7H2,1H3,(H2,17,18,19,23). The normalized spacial score (nSPS) is 16.0. The van der Waals surface area contributed by atoms with Crippen molar-refractivity contribution in [2.45, 2.75) is 44.4 Å². The molecule has 0 aromatic carbocycles. The number of nitrogens with zero attached hydrogens (tertiary/aromatic N) is 3. The van der Waals surface area contributed by atoms with Gasteiger partial charge < -0.3 is 5.32 Å². The number of carbonyl (C=O) groups excluding carboxylic acids is 1. The molecule has 0 aliphatic heterocycles. The minimum absolute atomic E-state index is 0.186. The molecule has 3 rings (SSSR count). The molecule has 0 saturated heterocycles. The lowest BCUT2D eigenvalue weighted by molar-refractivity contribution is 0.101. The van der Waals surface area contributed by atoms with E-state index in [1.807, 2.05) is 6.07 Å². The van der Waals surface area contributed by atoms with Gasteiger partial charge in [0, 0.05) is 30.8 Å². The third kappa shape index (κ3) is 3.67. The van der Waals surface area contributed by atoms with E-state index >= 15 is 0 Å². The van der Waals surface area contributed by atoms with Crippen molar-refractivity contribution in [1.29, 1.82) is 0 Å². The average molecular weight is 315 g/mol. The van der Waals surface area contributed by atoms with E-state index in [1.165, 1.54) is 44.9 Å². The highest BCUT2D eigenvalue weighted by Crippen LogP contribution is 2.31. The topological polar surface area (TPSA) is 92.7 Å². The van der Waals surface area contributed by atoms with E-state index in [4.69, 9.17) is 0 Å². The number of aryl methyl sites for hydroxylation is 1. The van der Waals surface area contributed by atoms with Crippen LogP contribution in [0.3, 0.4) is 0 Å². The second kappa shape index (κ2) is 6.76. The van der Waals surface area contributed by atoms with Crippen molar-refractivity contribution in [2.24, 2.45) is 7.05 Å². The van der Waals surface area contributed by atoms with E-state index in [2.05, 4.69) is 20.6 Å². The molecule has 0 radical (unpaired) electrons. The van der Waals surface area contributed by atoms with Crippen LogP contribution in [0.2, 0.25) is 0 Å². The third-order valence-corrected chi connectivity index (χ3v) is 4.33. The van der Waals surface area contributed by atoms with Gasteiger partial charge in [-0.1, -0.05) is 25.7 Å². The van der Waals surface area contributed by atoms with Gasteiger partial charge in [-0.15, -0.1) is 0 Å². The maximum absolute atomic E-state index is 12.2. The number of aromatic nitrogens is 4. The summed E-state index contributed by atoms with van der Waals surface area (Å²) in [6, 6.07) is 4.63. The summed E-state index contributed by atoms with van der Waals surface area (Å²) < 4.78 is 1.14. The van der Waals surface area contributed by atoms with E-state index in [0.717, 1.165) is 23.2 Å². The lowest BCUT2D eigenvalue weighted by Crippen LogP contribution is -2.23. The highest BCUT2D eigenvalue weighted by Gasteiger charge is 2.18. The van der Waals surface area contributed by atoms with Crippen molar-refractivity contribution in [3.05, 3.63) is 39.9 Å². The van der Waals surface area contributed by atoms with Crippen LogP contribution >= 0.6 is 0 Å². The second-order valence-corrected chi connectivity index (χ2v) is 6.03. The van der Waals surface area contributed by atoms with Gasteiger partial charge in [-0.05, 0) is 18.9 Å². The summed E-state index contributed by atoms with van der Waals surface area (Å²) in [4.78, 5) is 23.5. The van der Waals surface area contributed by atoms with Crippen molar-refractivity contribution in [2.75, 3.05) is 5.32 Å². The van der Waals surface area contributed by atoms with Crippen LogP contribution in [0.4, 0.5) is 5.82 Å². The van der Waals surface area contributed by atoms with Gasteiger partial charge in [0.05, 0.1) is 0 Å². The van der Waals surface area contributed by atoms with Gasteiger partial charge >= 0.3 is 0 Å². The lowest BCUT2D eigenvalue weighted by atomic mass is 9.97. The molecular formula is C16H21N5O2. The molecule has 0 bridgehead atoms. The Hall–Kier alpha value is -2.44. The minimum Gasteiger partial charge on any atom is -0.304 e. The summed E-state index contributed by atoms with van der Waals surface area (Å²) in [6.45, 7) is 0. The summed E-state index contributed by atoms with van der Waals surface area (Å²) in [5.74, 6) is 0.607. The first kappa shape index (κ1) is 15.5. The highest BCUT2D eigenvalue weighted by molar-refractivity contribution is 6.02. The van der Waals surface area contributed by atoms with Crippen molar-refractivity contribution in [1.82, 2.24) is 20.0 Å². The zero-order valence-electron chi connectivity index (χ0n) is 13.2. The summed E-state index contributed by atoms with van der Waals surface area (Å²) >= 11 is 0. The second-order valence-electron chi connectivity index (χ2n) is 6.03. The first-order valence-corrected chi connectivity index (χ1v) is 8.04. The SMILES string of the molecule is Cn1nc(C(=O)Nc2cc(C3CCCCCC3)[nH]n2)ccc1=O. The Morgan fingerprint density at radius 1 is 1.26 bits per heavy atom. The smallest absolute Gasteiger partial charge is 0.277 e. The van der Waals surface area contributed by atoms with Crippen molar-refractivity contribution >= 4 is 11.7 Å². The number of H-pyrrole nitrogens is 1. The average Bonchev–Trinajstić information content (AvgIpc) is 2.83. The monoisotopic (exact) mass is 315 g/mol. The maximum Gasteiger partial charge on any atom is 0.277 e. The van der Waals surface area contributed by atoms with Crippen molar-refractivity contribution in [3.8, 4) is 0 Å². The fourth-order valence-electron chi connectivity index (χ4n) is 3.00. The van der Waals surface area contributed by atoms with E-state index < -0.39 is 0 Å². The Bertz CT molecular complexity index is 741. The summed E-state index contributed by atoms with van der Waals surface area (Å²) in [5, 5.41) is 13.9. The van der Waals surface area contributed by atoms with E-state index in [9.17, 15) is 9.59 Å². The number of aromatic amines is 1. The molecule has 0 unspecified atom stereocenters. The van der Waals surface area contributed by atoms with Crippen molar-refractivity contribution < 1.29 is 4.79 Å². The zero-order valence-corrected chi connectivity index (χ0v) is 13.2. The molecule has 1 fully saturated rings. The van der Waals surface area contributed by atoms with E-state index in [1.54, 1.807) is 0 Å². The van der Waals surface area contributed by atoms with Gasteiger partial charge in [0.15, 0.2) is 5.82 Å². The number of anilines is 1. The molecule has 0 atom stereocenters.